The highest BCUT2D eigenvalue weighted by molar-refractivity contribution is 7.08. The van der Waals surface area contributed by atoms with Gasteiger partial charge in [0.2, 0.25) is 10.6 Å². The number of aromatic nitrogens is 4. The van der Waals surface area contributed by atoms with Crippen LogP contribution in [0.3, 0.4) is 0 Å². The highest BCUT2D eigenvalue weighted by Gasteiger charge is 2.30. The van der Waals surface area contributed by atoms with Crippen LogP contribution in [0.2, 0.25) is 0 Å². The van der Waals surface area contributed by atoms with Crippen molar-refractivity contribution in [2.75, 3.05) is 25.0 Å². The Bertz CT molecular complexity index is 1520. The molecule has 0 amide bonds. The second kappa shape index (κ2) is 9.05. The van der Waals surface area contributed by atoms with Crippen molar-refractivity contribution in [1.82, 2.24) is 24.4 Å². The Labute approximate surface area is 201 Å². The number of carbonyl (C=O) groups is 1. The largest absolute Gasteiger partial charge is 0.519 e. The van der Waals surface area contributed by atoms with Crippen molar-refractivity contribution in [2.24, 2.45) is 0 Å². The van der Waals surface area contributed by atoms with E-state index in [1.54, 1.807) is 24.6 Å². The quantitative estimate of drug-likeness (QED) is 0.285. The molecule has 1 aliphatic rings. The molecule has 14 heteroatoms. The number of ether oxygens (including phenoxy) is 1. The molecule has 0 bridgehead atoms. The Morgan fingerprint density at radius 3 is 2.74 bits per heavy atom. The highest BCUT2D eigenvalue weighted by Crippen LogP contribution is 2.27. The van der Waals surface area contributed by atoms with Crippen molar-refractivity contribution in [3.63, 3.8) is 0 Å². The Kier molecular flexibility index (Phi) is 5.92. The molecule has 13 nitrogen and oxygen atoms in total. The third-order valence-corrected chi connectivity index (χ3v) is 6.21. The lowest BCUT2D eigenvalue weighted by atomic mass is 10.1. The molecule has 0 atom stereocenters. The number of hydrogen-bond donors (Lipinski definition) is 1. The van der Waals surface area contributed by atoms with Gasteiger partial charge in [-0.15, -0.1) is 0 Å². The number of nitrogens with zero attached hydrogens (tertiary/aromatic N) is 5. The number of hydrogen-bond acceptors (Lipinski definition) is 13. The van der Waals surface area contributed by atoms with E-state index in [9.17, 15) is 14.4 Å². The van der Waals surface area contributed by atoms with Gasteiger partial charge in [0, 0.05) is 37.9 Å². The van der Waals surface area contributed by atoms with Gasteiger partial charge in [-0.25, -0.2) is 25.0 Å². The molecular formula is C21H20N6O7S. The van der Waals surface area contributed by atoms with E-state index in [-0.39, 0.29) is 35.2 Å². The SMILES string of the molecule is CNOC1CN(c2cc(C)c3c(=O)c(C(=O)OCc4oc(=O)oc4C)cn(-c4ncns4)c3n2)C1. The number of nitrogens with one attached hydrogen (secondary N) is 1. The van der Waals surface area contributed by atoms with Crippen molar-refractivity contribution < 1.29 is 23.2 Å². The van der Waals surface area contributed by atoms with Crippen molar-refractivity contribution >= 4 is 34.4 Å². The number of rotatable bonds is 7. The summed E-state index contributed by atoms with van der Waals surface area (Å²) in [7, 11) is 1.70. The van der Waals surface area contributed by atoms with Crippen LogP contribution in [0.5, 0.6) is 0 Å². The number of esters is 1. The Morgan fingerprint density at radius 2 is 2.09 bits per heavy atom. The molecule has 35 heavy (non-hydrogen) atoms. The zero-order valence-corrected chi connectivity index (χ0v) is 19.7. The van der Waals surface area contributed by atoms with Crippen molar-refractivity contribution in [2.45, 2.75) is 26.6 Å². The average molecular weight is 500 g/mol. The summed E-state index contributed by atoms with van der Waals surface area (Å²) < 4.78 is 20.4. The first-order chi connectivity index (χ1) is 16.9. The highest BCUT2D eigenvalue weighted by atomic mass is 32.1. The molecule has 1 aliphatic heterocycles. The molecule has 4 aromatic heterocycles. The summed E-state index contributed by atoms with van der Waals surface area (Å²) in [5.74, 6) is -0.873. The Balaban J connectivity index is 1.55. The molecule has 1 N–H and O–H groups in total. The first-order valence-corrected chi connectivity index (χ1v) is 11.3. The number of carbonyl (C=O) groups excluding carboxylic acids is 1. The van der Waals surface area contributed by atoms with Crippen LogP contribution in [-0.2, 0) is 16.2 Å². The lowest BCUT2D eigenvalue weighted by Crippen LogP contribution is -2.54. The van der Waals surface area contributed by atoms with Gasteiger partial charge in [-0.2, -0.15) is 4.37 Å². The monoisotopic (exact) mass is 500 g/mol. The van der Waals surface area contributed by atoms with Gasteiger partial charge < -0.3 is 18.5 Å². The van der Waals surface area contributed by atoms with Crippen molar-refractivity contribution in [3.05, 3.63) is 62.1 Å². The molecule has 4 aromatic rings. The summed E-state index contributed by atoms with van der Waals surface area (Å²) in [4.78, 5) is 53.8. The Morgan fingerprint density at radius 1 is 1.29 bits per heavy atom. The van der Waals surface area contributed by atoms with E-state index < -0.39 is 17.2 Å². The fourth-order valence-electron chi connectivity index (χ4n) is 3.79. The second-order valence-corrected chi connectivity index (χ2v) is 8.58. The normalized spacial score (nSPS) is 13.9. The van der Waals surface area contributed by atoms with E-state index in [4.69, 9.17) is 23.4 Å². The summed E-state index contributed by atoms with van der Waals surface area (Å²) in [5.41, 5.74) is 2.90. The van der Waals surface area contributed by atoms with Gasteiger partial charge in [0.15, 0.2) is 23.8 Å². The van der Waals surface area contributed by atoms with Crippen LogP contribution < -0.4 is 21.6 Å². The number of anilines is 1. The number of hydroxylamine groups is 1. The van der Waals surface area contributed by atoms with E-state index >= 15 is 0 Å². The fourth-order valence-corrected chi connectivity index (χ4v) is 4.30. The van der Waals surface area contributed by atoms with Gasteiger partial charge >= 0.3 is 11.8 Å². The molecule has 0 spiro atoms. The van der Waals surface area contributed by atoms with Gasteiger partial charge in [-0.3, -0.25) is 14.2 Å². The molecule has 0 saturated carbocycles. The average Bonchev–Trinajstić information content (AvgIpc) is 3.43. The summed E-state index contributed by atoms with van der Waals surface area (Å²) >= 11 is 1.08. The number of fused-ring (bicyclic) bond motifs is 1. The first-order valence-electron chi connectivity index (χ1n) is 10.5. The van der Waals surface area contributed by atoms with Crippen LogP contribution in [0, 0.1) is 13.8 Å². The molecule has 1 saturated heterocycles. The van der Waals surface area contributed by atoms with Crippen LogP contribution >= 0.6 is 11.5 Å². The Hall–Kier alpha value is -3.88. The summed E-state index contributed by atoms with van der Waals surface area (Å²) in [6, 6.07) is 1.79. The maximum absolute atomic E-state index is 13.4. The minimum absolute atomic E-state index is 0.0311. The maximum atomic E-state index is 13.4. The van der Waals surface area contributed by atoms with Crippen LogP contribution in [0.15, 0.2) is 37.0 Å². The minimum Gasteiger partial charge on any atom is -0.454 e. The van der Waals surface area contributed by atoms with Gasteiger partial charge in [-0.05, 0) is 25.5 Å². The van der Waals surface area contributed by atoms with E-state index in [2.05, 4.69) is 14.8 Å². The third-order valence-electron chi connectivity index (χ3n) is 5.54. The number of aryl methyl sites for hydroxylation is 2. The fraction of sp³-hybridized carbons (Fsp3) is 0.333. The summed E-state index contributed by atoms with van der Waals surface area (Å²) in [5, 5.41) is 0.678. The van der Waals surface area contributed by atoms with Crippen molar-refractivity contribution in [1.29, 1.82) is 0 Å². The third kappa shape index (κ3) is 4.22. The molecule has 0 aromatic carbocycles. The molecule has 0 aliphatic carbocycles. The molecule has 5 heterocycles. The predicted molar refractivity (Wildman–Crippen MR) is 123 cm³/mol. The van der Waals surface area contributed by atoms with E-state index in [1.165, 1.54) is 19.4 Å². The van der Waals surface area contributed by atoms with Gasteiger partial charge in [0.1, 0.15) is 23.8 Å². The molecule has 5 rings (SSSR count). The zero-order chi connectivity index (χ0) is 24.7. The van der Waals surface area contributed by atoms with Crippen LogP contribution in [0.25, 0.3) is 16.2 Å². The minimum atomic E-state index is -0.901. The van der Waals surface area contributed by atoms with Crippen LogP contribution in [-0.4, -0.2) is 51.1 Å². The smallest absolute Gasteiger partial charge is 0.454 e. The molecule has 182 valence electrons. The molecule has 1 fully saturated rings. The lowest BCUT2D eigenvalue weighted by molar-refractivity contribution is -0.0262. The van der Waals surface area contributed by atoms with Crippen LogP contribution in [0.1, 0.15) is 27.4 Å². The predicted octanol–water partition coefficient (Wildman–Crippen LogP) is 1.10. The maximum Gasteiger partial charge on any atom is 0.519 e. The second-order valence-electron chi connectivity index (χ2n) is 7.82. The number of pyridine rings is 2. The topological polar surface area (TPSA) is 155 Å². The lowest BCUT2D eigenvalue weighted by Gasteiger charge is -2.39. The summed E-state index contributed by atoms with van der Waals surface area (Å²) in [6.45, 7) is 4.18. The molecule has 0 unspecified atom stereocenters. The molecule has 0 radical (unpaired) electrons. The van der Waals surface area contributed by atoms with E-state index in [1.807, 2.05) is 4.90 Å². The first kappa shape index (κ1) is 22.9. The summed E-state index contributed by atoms with van der Waals surface area (Å²) in [6.07, 6.45) is 2.74. The standard InChI is InChI=1S/C21H20N6O7S/c1-10-4-15(26-5-12(6-26)34-22-3)25-18-16(10)17(28)13(7-27(18)20-23-9-24-35-20)19(29)31-8-14-11(2)32-21(30)33-14/h4,7,9,12,22H,5-6,8H2,1-3H3. The van der Waals surface area contributed by atoms with Gasteiger partial charge in [0.25, 0.3) is 0 Å². The van der Waals surface area contributed by atoms with E-state index in [0.29, 0.717) is 35.2 Å². The van der Waals surface area contributed by atoms with E-state index in [0.717, 1.165) is 11.5 Å². The van der Waals surface area contributed by atoms with Crippen molar-refractivity contribution in [3.8, 4) is 5.13 Å². The zero-order valence-electron chi connectivity index (χ0n) is 18.9. The van der Waals surface area contributed by atoms with Crippen LogP contribution in [0.4, 0.5) is 5.82 Å². The van der Waals surface area contributed by atoms with Gasteiger partial charge in [0.05, 0.1) is 5.39 Å². The van der Waals surface area contributed by atoms with Gasteiger partial charge in [-0.1, -0.05) is 0 Å². The molecular weight excluding hydrogens is 480 g/mol.